The average molecular weight is 376 g/mol. The van der Waals surface area contributed by atoms with Crippen molar-refractivity contribution in [3.8, 4) is 0 Å². The molecule has 0 bridgehead atoms. The van der Waals surface area contributed by atoms with Gasteiger partial charge in [-0.2, -0.15) is 0 Å². The van der Waals surface area contributed by atoms with Crippen molar-refractivity contribution in [2.24, 2.45) is 0 Å². The molecule has 8 heteroatoms. The van der Waals surface area contributed by atoms with Crippen LogP contribution in [-0.2, 0) is 16.4 Å². The van der Waals surface area contributed by atoms with Gasteiger partial charge in [-0.15, -0.1) is 11.3 Å². The van der Waals surface area contributed by atoms with Gasteiger partial charge in [-0.3, -0.25) is 0 Å². The van der Waals surface area contributed by atoms with Gasteiger partial charge in [-0.05, 0) is 24.3 Å². The molecule has 2 rings (SSSR count). The third-order valence-corrected chi connectivity index (χ3v) is 5.48. The molecule has 0 atom stereocenters. The molecule has 20 heavy (non-hydrogen) atoms. The summed E-state index contributed by atoms with van der Waals surface area (Å²) in [5.41, 5.74) is 0.873. The van der Waals surface area contributed by atoms with Crippen molar-refractivity contribution in [1.29, 1.82) is 0 Å². The number of sulfonamides is 1. The van der Waals surface area contributed by atoms with E-state index in [1.165, 1.54) is 11.3 Å². The lowest BCUT2D eigenvalue weighted by Gasteiger charge is -2.05. The number of aromatic nitrogens is 1. The van der Waals surface area contributed by atoms with Crippen molar-refractivity contribution in [3.63, 3.8) is 0 Å². The molecule has 5 nitrogen and oxygen atoms in total. The summed E-state index contributed by atoms with van der Waals surface area (Å²) in [6.45, 7) is 0.325. The number of nitrogens with one attached hydrogen (secondary N) is 2. The Labute approximate surface area is 130 Å². The third kappa shape index (κ3) is 4.02. The second-order valence-electron chi connectivity index (χ2n) is 4.00. The van der Waals surface area contributed by atoms with Crippen LogP contribution in [0.4, 0.5) is 5.13 Å². The van der Waals surface area contributed by atoms with Crippen LogP contribution in [0.5, 0.6) is 0 Å². The molecule has 2 N–H and O–H groups in total. The Bertz CT molecular complexity index is 668. The maximum Gasteiger partial charge on any atom is 0.240 e. The molecule has 0 aliphatic rings. The number of thiazole rings is 1. The van der Waals surface area contributed by atoms with Gasteiger partial charge in [-0.25, -0.2) is 18.1 Å². The van der Waals surface area contributed by atoms with Crippen LogP contribution in [0.3, 0.4) is 0 Å². The summed E-state index contributed by atoms with van der Waals surface area (Å²) in [5.74, 6) is 0. The highest BCUT2D eigenvalue weighted by Gasteiger charge is 2.13. The second kappa shape index (κ2) is 6.66. The zero-order valence-electron chi connectivity index (χ0n) is 10.8. The summed E-state index contributed by atoms with van der Waals surface area (Å²) >= 11 is 4.78. The van der Waals surface area contributed by atoms with Crippen LogP contribution in [-0.4, -0.2) is 27.0 Å². The Morgan fingerprint density at radius 3 is 2.60 bits per heavy atom. The fraction of sp³-hybridized carbons (Fsp3) is 0.250. The highest BCUT2D eigenvalue weighted by molar-refractivity contribution is 9.10. The molecule has 0 saturated carbocycles. The normalized spacial score (nSPS) is 11.5. The van der Waals surface area contributed by atoms with E-state index in [-0.39, 0.29) is 4.90 Å². The lowest BCUT2D eigenvalue weighted by atomic mass is 10.3. The predicted octanol–water partition coefficient (Wildman–Crippen LogP) is 2.47. The molecule has 1 aromatic carbocycles. The first-order valence-electron chi connectivity index (χ1n) is 5.88. The van der Waals surface area contributed by atoms with Crippen molar-refractivity contribution in [1.82, 2.24) is 9.71 Å². The number of anilines is 1. The maximum atomic E-state index is 12.0. The van der Waals surface area contributed by atoms with E-state index in [0.29, 0.717) is 13.0 Å². The molecule has 0 radical (unpaired) electrons. The van der Waals surface area contributed by atoms with Crippen molar-refractivity contribution in [3.05, 3.63) is 39.8 Å². The number of rotatable bonds is 6. The number of hydrogen-bond donors (Lipinski definition) is 2. The Balaban J connectivity index is 1.94. The lowest BCUT2D eigenvalue weighted by molar-refractivity contribution is 0.581. The van der Waals surface area contributed by atoms with E-state index >= 15 is 0 Å². The van der Waals surface area contributed by atoms with Crippen LogP contribution in [0, 0.1) is 0 Å². The molecule has 0 fully saturated rings. The van der Waals surface area contributed by atoms with E-state index in [9.17, 15) is 8.42 Å². The lowest BCUT2D eigenvalue weighted by Crippen LogP contribution is -2.26. The molecular weight excluding hydrogens is 362 g/mol. The van der Waals surface area contributed by atoms with Crippen LogP contribution in [0.25, 0.3) is 0 Å². The van der Waals surface area contributed by atoms with Gasteiger partial charge in [0.2, 0.25) is 10.0 Å². The number of halogens is 1. The minimum absolute atomic E-state index is 0.259. The molecule has 108 valence electrons. The van der Waals surface area contributed by atoms with E-state index in [1.54, 1.807) is 31.3 Å². The van der Waals surface area contributed by atoms with Crippen LogP contribution < -0.4 is 10.0 Å². The minimum Gasteiger partial charge on any atom is -0.365 e. The standard InChI is InChI=1S/C12H14BrN3O2S2/c1-14-12-16-10(8-19-12)6-7-15-20(17,18)11-4-2-9(13)3-5-11/h2-5,8,15H,6-7H2,1H3,(H,14,16). The molecule has 0 aliphatic carbocycles. The van der Waals surface area contributed by atoms with Gasteiger partial charge in [0, 0.05) is 29.9 Å². The summed E-state index contributed by atoms with van der Waals surface area (Å²) in [4.78, 5) is 4.56. The maximum absolute atomic E-state index is 12.0. The van der Waals surface area contributed by atoms with E-state index in [2.05, 4.69) is 31.0 Å². The van der Waals surface area contributed by atoms with Crippen LogP contribution in [0.1, 0.15) is 5.69 Å². The zero-order chi connectivity index (χ0) is 14.6. The molecule has 0 saturated heterocycles. The molecule has 0 unspecified atom stereocenters. The molecule has 1 aromatic heterocycles. The summed E-state index contributed by atoms with van der Waals surface area (Å²) in [7, 11) is -1.65. The van der Waals surface area contributed by atoms with Crippen molar-refractivity contribution >= 4 is 42.4 Å². The van der Waals surface area contributed by atoms with Gasteiger partial charge in [0.25, 0.3) is 0 Å². The quantitative estimate of drug-likeness (QED) is 0.813. The van der Waals surface area contributed by atoms with Crippen molar-refractivity contribution in [2.75, 3.05) is 18.9 Å². The monoisotopic (exact) mass is 375 g/mol. The van der Waals surface area contributed by atoms with Gasteiger partial charge in [-0.1, -0.05) is 15.9 Å². The molecule has 1 heterocycles. The molecule has 0 spiro atoms. The van der Waals surface area contributed by atoms with E-state index in [4.69, 9.17) is 0 Å². The SMILES string of the molecule is CNc1nc(CCNS(=O)(=O)c2ccc(Br)cc2)cs1. The topological polar surface area (TPSA) is 71.1 Å². The first kappa shape index (κ1) is 15.4. The van der Waals surface area contributed by atoms with E-state index < -0.39 is 10.0 Å². The largest absolute Gasteiger partial charge is 0.365 e. The molecule has 0 aliphatic heterocycles. The summed E-state index contributed by atoms with van der Waals surface area (Å²) in [6, 6.07) is 6.53. The van der Waals surface area contributed by atoms with Gasteiger partial charge in [0.15, 0.2) is 5.13 Å². The van der Waals surface area contributed by atoms with Gasteiger partial charge < -0.3 is 5.32 Å². The van der Waals surface area contributed by atoms with Crippen LogP contribution >= 0.6 is 27.3 Å². The van der Waals surface area contributed by atoms with Crippen molar-refractivity contribution < 1.29 is 8.42 Å². The second-order valence-corrected chi connectivity index (χ2v) is 7.54. The van der Waals surface area contributed by atoms with Gasteiger partial charge >= 0.3 is 0 Å². The smallest absolute Gasteiger partial charge is 0.240 e. The van der Waals surface area contributed by atoms with Crippen LogP contribution in [0.2, 0.25) is 0 Å². The first-order valence-corrected chi connectivity index (χ1v) is 9.04. The van der Waals surface area contributed by atoms with Crippen molar-refractivity contribution in [2.45, 2.75) is 11.3 Å². The Morgan fingerprint density at radius 1 is 1.30 bits per heavy atom. The molecular formula is C12H14BrN3O2S2. The summed E-state index contributed by atoms with van der Waals surface area (Å²) in [6.07, 6.45) is 0.563. The fourth-order valence-electron chi connectivity index (χ4n) is 1.55. The fourth-order valence-corrected chi connectivity index (χ4v) is 3.55. The van der Waals surface area contributed by atoms with Gasteiger partial charge in [0.05, 0.1) is 10.6 Å². The highest BCUT2D eigenvalue weighted by atomic mass is 79.9. The predicted molar refractivity (Wildman–Crippen MR) is 84.7 cm³/mol. The number of benzene rings is 1. The molecule has 2 aromatic rings. The first-order chi connectivity index (χ1) is 9.51. The number of hydrogen-bond acceptors (Lipinski definition) is 5. The Hall–Kier alpha value is -0.960. The molecule has 0 amide bonds. The average Bonchev–Trinajstić information content (AvgIpc) is 2.87. The van der Waals surface area contributed by atoms with Gasteiger partial charge in [0.1, 0.15) is 0 Å². The van der Waals surface area contributed by atoms with E-state index in [1.807, 2.05) is 5.38 Å². The number of nitrogens with zero attached hydrogens (tertiary/aromatic N) is 1. The zero-order valence-corrected chi connectivity index (χ0v) is 14.0. The summed E-state index contributed by atoms with van der Waals surface area (Å²) < 4.78 is 27.5. The Morgan fingerprint density at radius 2 is 2.00 bits per heavy atom. The van der Waals surface area contributed by atoms with E-state index in [0.717, 1.165) is 15.3 Å². The highest BCUT2D eigenvalue weighted by Crippen LogP contribution is 2.16. The minimum atomic E-state index is -3.46. The van der Waals surface area contributed by atoms with Crippen LogP contribution in [0.15, 0.2) is 39.0 Å². The summed E-state index contributed by atoms with van der Waals surface area (Å²) in [5, 5.41) is 5.70. The Kier molecular flexibility index (Phi) is 5.14. The third-order valence-electron chi connectivity index (χ3n) is 2.56.